The fraction of sp³-hybridized carbons (Fsp3) is 0.143. The lowest BCUT2D eigenvalue weighted by Gasteiger charge is -2.13. The Morgan fingerprint density at radius 3 is 2.74 bits per heavy atom. The molecule has 1 heterocycles. The molecule has 0 bridgehead atoms. The molecule has 1 N–H and O–H groups in total. The minimum absolute atomic E-state index is 0.263. The molecule has 136 valence electrons. The van der Waals surface area contributed by atoms with Crippen LogP contribution in [0.5, 0.6) is 17.2 Å². The fourth-order valence-electron chi connectivity index (χ4n) is 2.95. The van der Waals surface area contributed by atoms with Gasteiger partial charge < -0.3 is 9.47 Å². The van der Waals surface area contributed by atoms with Crippen LogP contribution in [0.3, 0.4) is 0 Å². The molecule has 3 aromatic rings. The Labute approximate surface area is 155 Å². The van der Waals surface area contributed by atoms with Crippen molar-refractivity contribution in [3.8, 4) is 17.2 Å². The first-order valence-corrected chi connectivity index (χ1v) is 8.68. The molecular weight excluding hydrogens is 344 g/mol. The number of nitrogens with one attached hydrogen (secondary N) is 1. The van der Waals surface area contributed by atoms with Gasteiger partial charge in [-0.2, -0.15) is 0 Å². The van der Waals surface area contributed by atoms with Crippen LogP contribution < -0.4 is 20.7 Å². The van der Waals surface area contributed by atoms with Gasteiger partial charge in [-0.3, -0.25) is 14.3 Å². The van der Waals surface area contributed by atoms with Crippen LogP contribution in [0.2, 0.25) is 0 Å². The highest BCUT2D eigenvalue weighted by atomic mass is 16.5. The molecule has 0 atom stereocenters. The Kier molecular flexibility index (Phi) is 4.61. The summed E-state index contributed by atoms with van der Waals surface area (Å²) in [5.74, 6) is 1.94. The molecule has 0 saturated heterocycles. The van der Waals surface area contributed by atoms with E-state index in [-0.39, 0.29) is 6.61 Å². The highest BCUT2D eigenvalue weighted by molar-refractivity contribution is 5.62. The van der Waals surface area contributed by atoms with Gasteiger partial charge in [-0.05, 0) is 41.8 Å². The van der Waals surface area contributed by atoms with E-state index >= 15 is 0 Å². The van der Waals surface area contributed by atoms with Crippen molar-refractivity contribution >= 4 is 6.08 Å². The number of nitrogens with zero attached hydrogens (tertiary/aromatic N) is 1. The van der Waals surface area contributed by atoms with Gasteiger partial charge in [0.25, 0.3) is 5.56 Å². The molecule has 0 aliphatic heterocycles. The Bertz CT molecular complexity index is 1110. The van der Waals surface area contributed by atoms with Crippen LogP contribution in [0, 0.1) is 0 Å². The Hall–Kier alpha value is -3.54. The van der Waals surface area contributed by atoms with Crippen LogP contribution in [0.25, 0.3) is 6.08 Å². The van der Waals surface area contributed by atoms with Crippen LogP contribution in [-0.2, 0) is 13.0 Å². The second kappa shape index (κ2) is 7.37. The predicted octanol–water partition coefficient (Wildman–Crippen LogP) is 2.98. The summed E-state index contributed by atoms with van der Waals surface area (Å²) in [4.78, 5) is 25.0. The molecule has 6 nitrogen and oxygen atoms in total. The topological polar surface area (TPSA) is 73.3 Å². The molecular formula is C21H18N2O4. The van der Waals surface area contributed by atoms with Gasteiger partial charge in [0.1, 0.15) is 12.4 Å². The van der Waals surface area contributed by atoms with Crippen molar-refractivity contribution in [1.82, 2.24) is 9.55 Å². The second-order valence-electron chi connectivity index (χ2n) is 6.17. The first-order chi connectivity index (χ1) is 13.2. The number of aromatic nitrogens is 2. The van der Waals surface area contributed by atoms with Crippen LogP contribution in [0.4, 0.5) is 0 Å². The zero-order chi connectivity index (χ0) is 18.6. The number of hydrogen-bond donors (Lipinski definition) is 1. The van der Waals surface area contributed by atoms with Gasteiger partial charge in [0, 0.05) is 12.3 Å². The standard InChI is InChI=1S/C21H18N2O4/c24-20-10-11-23(21(25)22-20)12-13-26-18-6-1-2-7-19(18)27-17-9-8-15-4-3-5-16(15)14-17/h1-3,5-11,14H,4,12-13H2,(H,22,24,25). The molecule has 1 aliphatic carbocycles. The number of para-hydroxylation sites is 2. The predicted molar refractivity (Wildman–Crippen MR) is 103 cm³/mol. The molecule has 4 rings (SSSR count). The maximum absolute atomic E-state index is 11.7. The minimum atomic E-state index is -0.457. The van der Waals surface area contributed by atoms with Crippen molar-refractivity contribution < 1.29 is 9.47 Å². The number of allylic oxidation sites excluding steroid dienone is 1. The molecule has 0 amide bonds. The molecule has 0 unspecified atom stereocenters. The van der Waals surface area contributed by atoms with Gasteiger partial charge in [-0.1, -0.05) is 30.4 Å². The fourth-order valence-corrected chi connectivity index (χ4v) is 2.95. The number of fused-ring (bicyclic) bond motifs is 1. The van der Waals surface area contributed by atoms with E-state index in [2.05, 4.69) is 23.2 Å². The van der Waals surface area contributed by atoms with E-state index in [9.17, 15) is 9.59 Å². The molecule has 27 heavy (non-hydrogen) atoms. The van der Waals surface area contributed by atoms with Crippen molar-refractivity contribution in [3.63, 3.8) is 0 Å². The number of rotatable bonds is 6. The first-order valence-electron chi connectivity index (χ1n) is 8.68. The zero-order valence-corrected chi connectivity index (χ0v) is 14.6. The number of benzene rings is 2. The van der Waals surface area contributed by atoms with Gasteiger partial charge in [-0.15, -0.1) is 0 Å². The number of H-pyrrole nitrogens is 1. The van der Waals surface area contributed by atoms with Crippen molar-refractivity contribution in [3.05, 3.63) is 92.8 Å². The van der Waals surface area contributed by atoms with Crippen molar-refractivity contribution in [2.24, 2.45) is 0 Å². The lowest BCUT2D eigenvalue weighted by molar-refractivity contribution is 0.283. The average molecular weight is 362 g/mol. The van der Waals surface area contributed by atoms with Crippen molar-refractivity contribution in [2.45, 2.75) is 13.0 Å². The highest BCUT2D eigenvalue weighted by Crippen LogP contribution is 2.33. The highest BCUT2D eigenvalue weighted by Gasteiger charge is 2.09. The van der Waals surface area contributed by atoms with Crippen LogP contribution in [0.15, 0.2) is 70.4 Å². The van der Waals surface area contributed by atoms with Crippen LogP contribution in [0.1, 0.15) is 11.1 Å². The van der Waals surface area contributed by atoms with E-state index < -0.39 is 11.2 Å². The first kappa shape index (κ1) is 16.9. The summed E-state index contributed by atoms with van der Waals surface area (Å²) in [7, 11) is 0. The Morgan fingerprint density at radius 1 is 1.04 bits per heavy atom. The third kappa shape index (κ3) is 3.84. The summed E-state index contributed by atoms with van der Waals surface area (Å²) >= 11 is 0. The number of ether oxygens (including phenoxy) is 2. The smallest absolute Gasteiger partial charge is 0.328 e. The third-order valence-electron chi connectivity index (χ3n) is 4.32. The average Bonchev–Trinajstić information content (AvgIpc) is 3.13. The molecule has 0 saturated carbocycles. The summed E-state index contributed by atoms with van der Waals surface area (Å²) in [5.41, 5.74) is 1.59. The van der Waals surface area contributed by atoms with E-state index in [4.69, 9.17) is 9.47 Å². The van der Waals surface area contributed by atoms with Gasteiger partial charge in [-0.25, -0.2) is 4.79 Å². The molecule has 2 aromatic carbocycles. The van der Waals surface area contributed by atoms with E-state index in [1.54, 1.807) is 0 Å². The summed E-state index contributed by atoms with van der Waals surface area (Å²) in [5, 5.41) is 0. The van der Waals surface area contributed by atoms with Crippen LogP contribution >= 0.6 is 0 Å². The summed E-state index contributed by atoms with van der Waals surface area (Å²) in [6, 6.07) is 14.7. The van der Waals surface area contributed by atoms with Gasteiger partial charge in [0.15, 0.2) is 11.5 Å². The van der Waals surface area contributed by atoms with E-state index in [1.165, 1.54) is 28.0 Å². The maximum atomic E-state index is 11.7. The molecule has 6 heteroatoms. The normalized spacial score (nSPS) is 12.0. The van der Waals surface area contributed by atoms with Gasteiger partial charge >= 0.3 is 5.69 Å². The molecule has 1 aliphatic rings. The monoisotopic (exact) mass is 362 g/mol. The Morgan fingerprint density at radius 2 is 1.89 bits per heavy atom. The van der Waals surface area contributed by atoms with Crippen LogP contribution in [-0.4, -0.2) is 16.2 Å². The van der Waals surface area contributed by atoms with E-state index in [0.29, 0.717) is 18.0 Å². The minimum Gasteiger partial charge on any atom is -0.488 e. The molecule has 0 spiro atoms. The molecule has 0 radical (unpaired) electrons. The Balaban J connectivity index is 1.45. The van der Waals surface area contributed by atoms with Crippen molar-refractivity contribution in [1.29, 1.82) is 0 Å². The number of hydrogen-bond acceptors (Lipinski definition) is 4. The number of aromatic amines is 1. The summed E-state index contributed by atoms with van der Waals surface area (Å²) in [6.45, 7) is 0.576. The molecule has 0 fully saturated rings. The SMILES string of the molecule is O=c1ccn(CCOc2ccccc2Oc2ccc3c(c2)C=CC3)c(=O)[nH]1. The lowest BCUT2D eigenvalue weighted by Crippen LogP contribution is -2.30. The maximum Gasteiger partial charge on any atom is 0.328 e. The van der Waals surface area contributed by atoms with E-state index in [1.807, 2.05) is 36.4 Å². The largest absolute Gasteiger partial charge is 0.488 e. The zero-order valence-electron chi connectivity index (χ0n) is 14.6. The summed E-state index contributed by atoms with van der Waals surface area (Å²) < 4.78 is 13.2. The molecule has 1 aromatic heterocycles. The van der Waals surface area contributed by atoms with Gasteiger partial charge in [0.05, 0.1) is 6.54 Å². The lowest BCUT2D eigenvalue weighted by atomic mass is 10.1. The summed E-state index contributed by atoms with van der Waals surface area (Å²) in [6.07, 6.45) is 6.63. The van der Waals surface area contributed by atoms with Gasteiger partial charge in [0.2, 0.25) is 0 Å². The van der Waals surface area contributed by atoms with E-state index in [0.717, 1.165) is 12.2 Å². The third-order valence-corrected chi connectivity index (χ3v) is 4.32. The second-order valence-corrected chi connectivity index (χ2v) is 6.17. The quantitative estimate of drug-likeness (QED) is 0.732. The van der Waals surface area contributed by atoms with Crippen molar-refractivity contribution in [2.75, 3.05) is 6.61 Å².